The molecule has 0 saturated heterocycles. The van der Waals surface area contributed by atoms with Crippen molar-refractivity contribution in [2.75, 3.05) is 7.11 Å². The number of ketones is 1. The third-order valence-electron chi connectivity index (χ3n) is 9.13. The van der Waals surface area contributed by atoms with Gasteiger partial charge in [-0.2, -0.15) is 4.31 Å². The summed E-state index contributed by atoms with van der Waals surface area (Å²) in [5.74, 6) is -0.710. The second-order valence-corrected chi connectivity index (χ2v) is 15.1. The number of hydrogen-bond donors (Lipinski definition) is 1. The van der Waals surface area contributed by atoms with Gasteiger partial charge in [0.05, 0.1) is 33.9 Å². The fourth-order valence-corrected chi connectivity index (χ4v) is 9.00. The molecule has 6 rings (SSSR count). The molecule has 6 aromatic rings. The molecule has 13 heteroatoms. The highest BCUT2D eigenvalue weighted by Crippen LogP contribution is 2.31. The number of alkyl carbamates (subject to hydrolysis) is 1. The van der Waals surface area contributed by atoms with Crippen molar-refractivity contribution in [1.29, 1.82) is 0 Å². The van der Waals surface area contributed by atoms with Crippen LogP contribution in [0.2, 0.25) is 0 Å². The first-order valence-corrected chi connectivity index (χ1v) is 19.2. The van der Waals surface area contributed by atoms with Crippen LogP contribution in [0.4, 0.5) is 4.79 Å². The van der Waals surface area contributed by atoms with Gasteiger partial charge in [0.25, 0.3) is 0 Å². The maximum Gasteiger partial charge on any atom is 0.407 e. The van der Waals surface area contributed by atoms with E-state index in [4.69, 9.17) is 9.26 Å². The lowest BCUT2D eigenvalue weighted by Crippen LogP contribution is -2.46. The van der Waals surface area contributed by atoms with E-state index in [1.807, 2.05) is 73.7 Å². The lowest BCUT2D eigenvalue weighted by Gasteiger charge is -2.30. The van der Waals surface area contributed by atoms with Crippen LogP contribution in [0, 0.1) is 0 Å². The molecule has 2 atom stereocenters. The quantitative estimate of drug-likeness (QED) is 0.112. The topological polar surface area (TPSA) is 145 Å². The van der Waals surface area contributed by atoms with Crippen LogP contribution < -0.4 is 5.32 Å². The molecule has 0 aliphatic carbocycles. The first kappa shape index (κ1) is 36.5. The normalized spacial score (nSPS) is 12.9. The maximum atomic E-state index is 14.3. The van der Waals surface area contributed by atoms with Crippen molar-refractivity contribution in [2.24, 2.45) is 0 Å². The highest BCUT2D eigenvalue weighted by molar-refractivity contribution is 7.89. The molecule has 0 aliphatic heterocycles. The summed E-state index contributed by atoms with van der Waals surface area (Å²) >= 11 is 1.38. The molecule has 3 aromatic heterocycles. The summed E-state index contributed by atoms with van der Waals surface area (Å²) in [4.78, 5) is 36.1. The number of sulfonamides is 1. The van der Waals surface area contributed by atoms with Gasteiger partial charge < -0.3 is 14.6 Å². The number of hydrogen-bond acceptors (Lipinski definition) is 10. The van der Waals surface area contributed by atoms with Crippen LogP contribution in [0.25, 0.3) is 10.2 Å². The Bertz CT molecular complexity index is 2150. The molecule has 0 unspecified atom stereocenters. The van der Waals surface area contributed by atoms with E-state index >= 15 is 0 Å². The predicted octanol–water partition coefficient (Wildman–Crippen LogP) is 6.95. The van der Waals surface area contributed by atoms with Crippen LogP contribution in [-0.4, -0.2) is 58.9 Å². The minimum absolute atomic E-state index is 0.0115. The van der Waals surface area contributed by atoms with Gasteiger partial charge in [0, 0.05) is 42.4 Å². The molecule has 0 spiro atoms. The first-order chi connectivity index (χ1) is 25.3. The summed E-state index contributed by atoms with van der Waals surface area (Å²) in [5, 5.41) is 6.61. The number of amides is 1. The number of nitrogens with zero attached hydrogens (tertiary/aromatic N) is 4. The molecule has 0 saturated carbocycles. The van der Waals surface area contributed by atoms with E-state index in [9.17, 15) is 18.0 Å². The van der Waals surface area contributed by atoms with E-state index in [2.05, 4.69) is 20.4 Å². The molecule has 52 heavy (non-hydrogen) atoms. The number of fused-ring (bicyclic) bond motifs is 1. The lowest BCUT2D eigenvalue weighted by molar-refractivity contribution is -0.120. The number of methoxy groups -OCH3 is 1. The Morgan fingerprint density at radius 2 is 1.69 bits per heavy atom. The van der Waals surface area contributed by atoms with E-state index < -0.39 is 34.1 Å². The minimum atomic E-state index is -3.96. The Kier molecular flexibility index (Phi) is 11.8. The molecular weight excluding hydrogens is 699 g/mol. The molecular formula is C39H39N5O6S2. The number of benzene rings is 3. The molecule has 0 bridgehead atoms. The van der Waals surface area contributed by atoms with Crippen molar-refractivity contribution < 1.29 is 27.3 Å². The molecule has 1 amide bonds. The number of rotatable bonds is 16. The van der Waals surface area contributed by atoms with Crippen molar-refractivity contribution in [3.8, 4) is 0 Å². The molecule has 268 valence electrons. The van der Waals surface area contributed by atoms with Crippen molar-refractivity contribution >= 4 is 43.5 Å². The second kappa shape index (κ2) is 16.9. The summed E-state index contributed by atoms with van der Waals surface area (Å²) in [6, 6.07) is 26.4. The summed E-state index contributed by atoms with van der Waals surface area (Å²) in [5.41, 5.74) is 6.16. The van der Waals surface area contributed by atoms with E-state index in [1.165, 1.54) is 35.2 Å². The Morgan fingerprint density at radius 3 is 2.35 bits per heavy atom. The zero-order chi connectivity index (χ0) is 36.5. The molecule has 0 aliphatic rings. The summed E-state index contributed by atoms with van der Waals surface area (Å²) < 4.78 is 40.9. The van der Waals surface area contributed by atoms with Gasteiger partial charge >= 0.3 is 6.09 Å². The van der Waals surface area contributed by atoms with Crippen molar-refractivity contribution in [3.05, 3.63) is 143 Å². The lowest BCUT2D eigenvalue weighted by atomic mass is 9.81. The predicted molar refractivity (Wildman–Crippen MR) is 198 cm³/mol. The minimum Gasteiger partial charge on any atom is -0.453 e. The Hall–Kier alpha value is -5.24. The van der Waals surface area contributed by atoms with Crippen molar-refractivity contribution in [3.63, 3.8) is 0 Å². The zero-order valence-electron chi connectivity index (χ0n) is 28.8. The Balaban J connectivity index is 1.27. The van der Waals surface area contributed by atoms with Crippen LogP contribution in [0.1, 0.15) is 53.6 Å². The molecule has 0 fully saturated rings. The smallest absolute Gasteiger partial charge is 0.407 e. The summed E-state index contributed by atoms with van der Waals surface area (Å²) in [7, 11) is -2.69. The number of nitrogens with one attached hydrogen (secondary N) is 1. The number of aryl methyl sites for hydroxylation is 1. The first-order valence-electron chi connectivity index (χ1n) is 16.9. The van der Waals surface area contributed by atoms with E-state index in [1.54, 1.807) is 36.0 Å². The molecule has 11 nitrogen and oxygen atoms in total. The van der Waals surface area contributed by atoms with Crippen molar-refractivity contribution in [2.45, 2.75) is 62.0 Å². The fourth-order valence-electron chi connectivity index (χ4n) is 6.47. The largest absolute Gasteiger partial charge is 0.453 e. The van der Waals surface area contributed by atoms with Crippen LogP contribution in [0.3, 0.4) is 0 Å². The molecule has 0 radical (unpaired) electrons. The number of Topliss-reactive ketones (excluding diaryl/α,β-unsaturated/α-hetero) is 1. The van der Waals surface area contributed by atoms with Gasteiger partial charge in [0.15, 0.2) is 5.78 Å². The second-order valence-electron chi connectivity index (χ2n) is 12.3. The standard InChI is InChI=1S/C39H39N5O6S2/c1-3-31(44(24-27-23-42-50-25-27)52(47,48)32-17-19-34-36(22-32)51-26-41-34)16-18-33-30(15-10-20-40-33)21-35(45)38(43-39(46)49-2)37(28-11-6-4-7-12-28)29-13-8-5-9-14-29/h4-15,17,19-20,22-23,25-26,31,37-38H,3,16,18,21,24H2,1-2H3,(H,43,46)/t31-,38-/m1/s1. The van der Waals surface area contributed by atoms with Gasteiger partial charge in [-0.1, -0.05) is 78.8 Å². The van der Waals surface area contributed by atoms with E-state index in [0.717, 1.165) is 21.3 Å². The summed E-state index contributed by atoms with van der Waals surface area (Å²) in [6.45, 7) is 2.02. The SMILES string of the molecule is CC[C@H](CCc1ncccc1CC(=O)[C@@H](NC(=O)OC)C(c1ccccc1)c1ccccc1)N(Cc1cnoc1)S(=O)(=O)c1ccc2ncsc2c1. The van der Waals surface area contributed by atoms with Gasteiger partial charge in [-0.05, 0) is 60.2 Å². The van der Waals surface area contributed by atoms with E-state index in [0.29, 0.717) is 36.1 Å². The Labute approximate surface area is 306 Å². The average molecular weight is 738 g/mol. The maximum absolute atomic E-state index is 14.3. The molecule has 3 heterocycles. The third kappa shape index (κ3) is 8.44. The third-order valence-corrected chi connectivity index (χ3v) is 11.8. The fraction of sp³-hybridized carbons (Fsp3) is 0.256. The molecule has 3 aromatic carbocycles. The van der Waals surface area contributed by atoms with Crippen LogP contribution in [0.15, 0.2) is 125 Å². The van der Waals surface area contributed by atoms with Gasteiger partial charge in [0.2, 0.25) is 10.0 Å². The number of pyridine rings is 1. The molecule has 1 N–H and O–H groups in total. The van der Waals surface area contributed by atoms with Gasteiger partial charge in [-0.3, -0.25) is 9.78 Å². The highest BCUT2D eigenvalue weighted by atomic mass is 32.2. The zero-order valence-corrected chi connectivity index (χ0v) is 30.4. The van der Waals surface area contributed by atoms with Crippen LogP contribution >= 0.6 is 11.3 Å². The number of thiazole rings is 1. The van der Waals surface area contributed by atoms with Gasteiger partial charge in [-0.25, -0.2) is 18.2 Å². The number of carbonyl (C=O) groups is 2. The van der Waals surface area contributed by atoms with E-state index in [-0.39, 0.29) is 23.6 Å². The Morgan fingerprint density at radius 1 is 0.962 bits per heavy atom. The van der Waals surface area contributed by atoms with Crippen LogP contribution in [-0.2, 0) is 38.9 Å². The highest BCUT2D eigenvalue weighted by Gasteiger charge is 2.34. The van der Waals surface area contributed by atoms with Crippen molar-refractivity contribution in [1.82, 2.24) is 24.7 Å². The average Bonchev–Trinajstić information content (AvgIpc) is 3.88. The van der Waals surface area contributed by atoms with Crippen LogP contribution in [0.5, 0.6) is 0 Å². The number of carbonyl (C=O) groups excluding carboxylic acids is 2. The summed E-state index contributed by atoms with van der Waals surface area (Å²) in [6.07, 6.45) is 5.26. The van der Waals surface area contributed by atoms with Gasteiger partial charge in [0.1, 0.15) is 12.3 Å². The van der Waals surface area contributed by atoms with Gasteiger partial charge in [-0.15, -0.1) is 11.3 Å². The monoisotopic (exact) mass is 737 g/mol. The number of aromatic nitrogens is 3. The number of ether oxygens (including phenoxy) is 1.